The van der Waals surface area contributed by atoms with Gasteiger partial charge in [-0.05, 0) is 12.8 Å². The molecule has 0 atom stereocenters. The van der Waals surface area contributed by atoms with Crippen molar-refractivity contribution < 1.29 is 4.74 Å². The highest BCUT2D eigenvalue weighted by molar-refractivity contribution is 5.10. The fraction of sp³-hybridized carbons (Fsp3) is 0.750. The normalized spacial score (nSPS) is 22.7. The lowest BCUT2D eigenvalue weighted by Gasteiger charge is -2.42. The van der Waals surface area contributed by atoms with Gasteiger partial charge in [0.15, 0.2) is 0 Å². The van der Waals surface area contributed by atoms with E-state index in [1.807, 2.05) is 0 Å². The molecule has 0 aromatic rings. The highest BCUT2D eigenvalue weighted by Gasteiger charge is 2.39. The molecule has 0 saturated carbocycles. The van der Waals surface area contributed by atoms with Gasteiger partial charge in [0.25, 0.3) is 0 Å². The predicted octanol–water partition coefficient (Wildman–Crippen LogP) is 2.34. The summed E-state index contributed by atoms with van der Waals surface area (Å²) in [5.74, 6) is 0.993. The molecular formula is C8H14O. The van der Waals surface area contributed by atoms with Crippen molar-refractivity contribution in [3.63, 3.8) is 0 Å². The summed E-state index contributed by atoms with van der Waals surface area (Å²) in [6.45, 7) is 9.10. The van der Waals surface area contributed by atoms with Crippen LogP contribution in [-0.2, 0) is 4.74 Å². The number of hydrogen-bond acceptors (Lipinski definition) is 1. The van der Waals surface area contributed by atoms with Gasteiger partial charge < -0.3 is 4.74 Å². The maximum Gasteiger partial charge on any atom is 0.100 e. The van der Waals surface area contributed by atoms with Gasteiger partial charge in [0.05, 0.1) is 11.2 Å². The summed E-state index contributed by atoms with van der Waals surface area (Å²) in [5, 5.41) is 0. The van der Waals surface area contributed by atoms with E-state index in [1.54, 1.807) is 0 Å². The number of rotatable bonds is 2. The molecule has 1 aliphatic heterocycles. The molecule has 9 heavy (non-hydrogen) atoms. The molecule has 0 unspecified atom stereocenters. The summed E-state index contributed by atoms with van der Waals surface area (Å²) < 4.78 is 5.13. The Morgan fingerprint density at radius 1 is 1.56 bits per heavy atom. The van der Waals surface area contributed by atoms with Crippen molar-refractivity contribution in [2.45, 2.75) is 26.7 Å². The monoisotopic (exact) mass is 126 g/mol. The predicted molar refractivity (Wildman–Crippen MR) is 38.1 cm³/mol. The van der Waals surface area contributed by atoms with E-state index in [1.165, 1.54) is 12.8 Å². The van der Waals surface area contributed by atoms with Crippen molar-refractivity contribution in [3.8, 4) is 0 Å². The SMILES string of the molecule is C=C1OCC1(CC)CC. The van der Waals surface area contributed by atoms with Crippen LogP contribution in [0.15, 0.2) is 12.3 Å². The van der Waals surface area contributed by atoms with Gasteiger partial charge >= 0.3 is 0 Å². The molecule has 1 nitrogen and oxygen atoms in total. The van der Waals surface area contributed by atoms with E-state index in [0.717, 1.165) is 12.4 Å². The number of ether oxygens (including phenoxy) is 1. The highest BCUT2D eigenvalue weighted by Crippen LogP contribution is 2.43. The molecule has 0 aliphatic carbocycles. The summed E-state index contributed by atoms with van der Waals surface area (Å²) in [4.78, 5) is 0. The average Bonchev–Trinajstić information content (AvgIpc) is 1.89. The van der Waals surface area contributed by atoms with Gasteiger partial charge in [0, 0.05) is 0 Å². The molecule has 0 aromatic carbocycles. The van der Waals surface area contributed by atoms with Crippen LogP contribution < -0.4 is 0 Å². The maximum absolute atomic E-state index is 5.13. The molecule has 1 rings (SSSR count). The molecule has 1 fully saturated rings. The Morgan fingerprint density at radius 2 is 2.11 bits per heavy atom. The van der Waals surface area contributed by atoms with Crippen molar-refractivity contribution in [1.29, 1.82) is 0 Å². The zero-order valence-corrected chi connectivity index (χ0v) is 6.24. The Balaban J connectivity index is 2.58. The molecule has 0 spiro atoms. The van der Waals surface area contributed by atoms with E-state index < -0.39 is 0 Å². The molecule has 0 aromatic heterocycles. The smallest absolute Gasteiger partial charge is 0.100 e. The molecule has 1 saturated heterocycles. The summed E-state index contributed by atoms with van der Waals surface area (Å²) in [6.07, 6.45) is 2.34. The van der Waals surface area contributed by atoms with Crippen LogP contribution in [-0.4, -0.2) is 6.61 Å². The lowest BCUT2D eigenvalue weighted by Crippen LogP contribution is -2.38. The molecular weight excluding hydrogens is 112 g/mol. The fourth-order valence-corrected chi connectivity index (χ4v) is 1.23. The Hall–Kier alpha value is -0.460. The molecule has 1 heterocycles. The first-order chi connectivity index (χ1) is 4.25. The van der Waals surface area contributed by atoms with Crippen LogP contribution in [0.2, 0.25) is 0 Å². The molecule has 52 valence electrons. The van der Waals surface area contributed by atoms with Crippen LogP contribution in [0.1, 0.15) is 26.7 Å². The third kappa shape index (κ3) is 0.752. The minimum absolute atomic E-state index is 0.347. The van der Waals surface area contributed by atoms with Crippen LogP contribution in [0.5, 0.6) is 0 Å². The van der Waals surface area contributed by atoms with Crippen molar-refractivity contribution >= 4 is 0 Å². The second kappa shape index (κ2) is 2.05. The van der Waals surface area contributed by atoms with Crippen LogP contribution >= 0.6 is 0 Å². The zero-order valence-electron chi connectivity index (χ0n) is 6.24. The fourth-order valence-electron chi connectivity index (χ4n) is 1.23. The van der Waals surface area contributed by atoms with Gasteiger partial charge in [0.2, 0.25) is 0 Å². The molecule has 0 radical (unpaired) electrons. The molecule has 1 heteroatoms. The lowest BCUT2D eigenvalue weighted by molar-refractivity contribution is -0.0395. The molecule has 0 amide bonds. The highest BCUT2D eigenvalue weighted by atomic mass is 16.5. The minimum atomic E-state index is 0.347. The average molecular weight is 126 g/mol. The first-order valence-corrected chi connectivity index (χ1v) is 3.57. The maximum atomic E-state index is 5.13. The third-order valence-electron chi connectivity index (χ3n) is 2.47. The van der Waals surface area contributed by atoms with Gasteiger partial charge in [-0.2, -0.15) is 0 Å². The molecule has 0 bridgehead atoms. The van der Waals surface area contributed by atoms with E-state index >= 15 is 0 Å². The van der Waals surface area contributed by atoms with E-state index in [4.69, 9.17) is 4.74 Å². The number of hydrogen-bond donors (Lipinski definition) is 0. The van der Waals surface area contributed by atoms with Crippen molar-refractivity contribution in [2.75, 3.05) is 6.61 Å². The molecule has 0 N–H and O–H groups in total. The van der Waals surface area contributed by atoms with Gasteiger partial charge in [-0.15, -0.1) is 0 Å². The standard InChI is InChI=1S/C8H14O/c1-4-8(5-2)6-9-7(8)3/h3-6H2,1-2H3. The summed E-state index contributed by atoms with van der Waals surface area (Å²) in [5.41, 5.74) is 0.347. The van der Waals surface area contributed by atoms with Crippen LogP contribution in [0, 0.1) is 5.41 Å². The van der Waals surface area contributed by atoms with Gasteiger partial charge in [0.1, 0.15) is 6.61 Å². The van der Waals surface area contributed by atoms with Crippen molar-refractivity contribution in [3.05, 3.63) is 12.3 Å². The third-order valence-corrected chi connectivity index (χ3v) is 2.47. The molecule has 1 aliphatic rings. The summed E-state index contributed by atoms with van der Waals surface area (Å²) >= 11 is 0. The first kappa shape index (κ1) is 6.66. The van der Waals surface area contributed by atoms with E-state index in [9.17, 15) is 0 Å². The minimum Gasteiger partial charge on any atom is -0.497 e. The van der Waals surface area contributed by atoms with E-state index in [-0.39, 0.29) is 0 Å². The van der Waals surface area contributed by atoms with E-state index in [0.29, 0.717) is 5.41 Å². The van der Waals surface area contributed by atoms with Gasteiger partial charge in [-0.1, -0.05) is 20.4 Å². The quantitative estimate of drug-likeness (QED) is 0.551. The van der Waals surface area contributed by atoms with Gasteiger partial charge in [-0.25, -0.2) is 0 Å². The Kier molecular flexibility index (Phi) is 1.52. The largest absolute Gasteiger partial charge is 0.497 e. The lowest BCUT2D eigenvalue weighted by atomic mass is 9.78. The zero-order chi connectivity index (χ0) is 6.91. The second-order valence-corrected chi connectivity index (χ2v) is 2.70. The Morgan fingerprint density at radius 3 is 2.11 bits per heavy atom. The first-order valence-electron chi connectivity index (χ1n) is 3.57. The van der Waals surface area contributed by atoms with Gasteiger partial charge in [-0.3, -0.25) is 0 Å². The van der Waals surface area contributed by atoms with Crippen molar-refractivity contribution in [2.24, 2.45) is 5.41 Å². The second-order valence-electron chi connectivity index (χ2n) is 2.70. The van der Waals surface area contributed by atoms with Crippen LogP contribution in [0.3, 0.4) is 0 Å². The van der Waals surface area contributed by atoms with Crippen molar-refractivity contribution in [1.82, 2.24) is 0 Å². The topological polar surface area (TPSA) is 9.23 Å². The summed E-state index contributed by atoms with van der Waals surface area (Å²) in [7, 11) is 0. The summed E-state index contributed by atoms with van der Waals surface area (Å²) in [6, 6.07) is 0. The van der Waals surface area contributed by atoms with E-state index in [2.05, 4.69) is 20.4 Å². The van der Waals surface area contributed by atoms with Crippen LogP contribution in [0.25, 0.3) is 0 Å². The Labute approximate surface area is 56.7 Å². The van der Waals surface area contributed by atoms with Crippen LogP contribution in [0.4, 0.5) is 0 Å². The Bertz CT molecular complexity index is 117.